The zero-order valence-electron chi connectivity index (χ0n) is 14.6. The molecule has 0 saturated carbocycles. The summed E-state index contributed by atoms with van der Waals surface area (Å²) in [6.07, 6.45) is 0. The molecule has 0 fully saturated rings. The van der Waals surface area contributed by atoms with Crippen LogP contribution in [0.25, 0.3) is 11.3 Å². The molecular formula is C16H13F2N5O4S. The first kappa shape index (κ1) is 19.4. The number of ether oxygens (including phenoxy) is 1. The molecule has 1 N–H and O–H groups in total. The number of aromatic nitrogens is 3. The van der Waals surface area contributed by atoms with Gasteiger partial charge >= 0.3 is 12.3 Å². The normalized spacial score (nSPS) is 10.9. The lowest BCUT2D eigenvalue weighted by molar-refractivity contribution is -0.385. The Labute approximate surface area is 160 Å². The molecule has 0 spiro atoms. The van der Waals surface area contributed by atoms with Crippen molar-refractivity contribution in [2.24, 2.45) is 7.05 Å². The van der Waals surface area contributed by atoms with Crippen molar-refractivity contribution in [1.82, 2.24) is 14.8 Å². The van der Waals surface area contributed by atoms with Crippen LogP contribution in [0, 0.1) is 17.0 Å². The number of nitrogens with one attached hydrogen (secondary N) is 1. The van der Waals surface area contributed by atoms with Crippen LogP contribution in [-0.4, -0.2) is 32.2 Å². The van der Waals surface area contributed by atoms with Crippen molar-refractivity contribution in [2.45, 2.75) is 13.5 Å². The summed E-state index contributed by atoms with van der Waals surface area (Å²) in [6, 6.07) is 5.84. The van der Waals surface area contributed by atoms with E-state index >= 15 is 0 Å². The van der Waals surface area contributed by atoms with Gasteiger partial charge in [0.2, 0.25) is 5.69 Å². The van der Waals surface area contributed by atoms with Gasteiger partial charge in [0.15, 0.2) is 5.13 Å². The second kappa shape index (κ2) is 7.68. The van der Waals surface area contributed by atoms with E-state index in [0.29, 0.717) is 11.3 Å². The number of carbonyl (C=O) groups excluding carboxylic acids is 1. The third-order valence-electron chi connectivity index (χ3n) is 3.80. The van der Waals surface area contributed by atoms with Crippen molar-refractivity contribution >= 4 is 28.1 Å². The highest BCUT2D eigenvalue weighted by Crippen LogP contribution is 2.28. The topological polar surface area (TPSA) is 112 Å². The van der Waals surface area contributed by atoms with Gasteiger partial charge in [-0.15, -0.1) is 11.3 Å². The van der Waals surface area contributed by atoms with Gasteiger partial charge in [-0.3, -0.25) is 24.9 Å². The van der Waals surface area contributed by atoms with Crippen molar-refractivity contribution in [3.63, 3.8) is 0 Å². The molecule has 3 rings (SSSR count). The molecule has 0 aliphatic carbocycles. The number of alkyl halides is 2. The molecule has 28 heavy (non-hydrogen) atoms. The van der Waals surface area contributed by atoms with E-state index in [0.717, 1.165) is 11.3 Å². The number of amides is 1. The number of aryl methyl sites for hydroxylation is 1. The lowest BCUT2D eigenvalue weighted by Crippen LogP contribution is -2.14. The Hall–Kier alpha value is -3.41. The zero-order chi connectivity index (χ0) is 20.4. The standard InChI is InChI=1S/C16H13F2N5O4S/c1-8-13(23(25)26)12(21-22(8)2)14(24)20-16-19-11(7-28-16)9-3-5-10(6-4-9)27-15(17)18/h3-7,15H,1-2H3,(H,19,20,24). The number of halogens is 2. The fraction of sp³-hybridized carbons (Fsp3) is 0.188. The highest BCUT2D eigenvalue weighted by molar-refractivity contribution is 7.14. The number of nitrogens with zero attached hydrogens (tertiary/aromatic N) is 4. The van der Waals surface area contributed by atoms with Gasteiger partial charge in [-0.2, -0.15) is 13.9 Å². The number of thiazole rings is 1. The number of nitro groups is 1. The Kier molecular flexibility index (Phi) is 5.31. The molecule has 0 aliphatic rings. The molecular weight excluding hydrogens is 396 g/mol. The van der Waals surface area contributed by atoms with Crippen LogP contribution >= 0.6 is 11.3 Å². The van der Waals surface area contributed by atoms with Crippen LogP contribution in [0.1, 0.15) is 16.2 Å². The molecule has 0 bridgehead atoms. The molecule has 146 valence electrons. The average Bonchev–Trinajstić information content (AvgIpc) is 3.20. The molecule has 1 amide bonds. The summed E-state index contributed by atoms with van der Waals surface area (Å²) in [7, 11) is 1.50. The molecule has 2 aromatic heterocycles. The Morgan fingerprint density at radius 3 is 2.64 bits per heavy atom. The maximum Gasteiger partial charge on any atom is 0.387 e. The summed E-state index contributed by atoms with van der Waals surface area (Å²) in [5.41, 5.74) is 0.691. The molecule has 1 aromatic carbocycles. The van der Waals surface area contributed by atoms with Crippen molar-refractivity contribution in [2.75, 3.05) is 5.32 Å². The van der Waals surface area contributed by atoms with Crippen molar-refractivity contribution in [3.8, 4) is 17.0 Å². The molecule has 0 aliphatic heterocycles. The smallest absolute Gasteiger partial charge is 0.387 e. The van der Waals surface area contributed by atoms with Crippen LogP contribution in [0.3, 0.4) is 0 Å². The van der Waals surface area contributed by atoms with Gasteiger partial charge in [-0.1, -0.05) is 0 Å². The second-order valence-corrected chi connectivity index (χ2v) is 6.42. The highest BCUT2D eigenvalue weighted by atomic mass is 32.1. The molecule has 12 heteroatoms. The van der Waals surface area contributed by atoms with Gasteiger partial charge in [-0.25, -0.2) is 4.98 Å². The van der Waals surface area contributed by atoms with E-state index < -0.39 is 17.4 Å². The van der Waals surface area contributed by atoms with Gasteiger partial charge in [-0.05, 0) is 31.2 Å². The SMILES string of the molecule is Cc1c([N+](=O)[O-])c(C(=O)Nc2nc(-c3ccc(OC(F)F)cc3)cs2)nn1C. The first-order chi connectivity index (χ1) is 13.3. The van der Waals surface area contributed by atoms with E-state index in [2.05, 4.69) is 20.1 Å². The summed E-state index contributed by atoms with van der Waals surface area (Å²) in [5, 5.41) is 19.4. The van der Waals surface area contributed by atoms with Crippen molar-refractivity contribution < 1.29 is 23.2 Å². The molecule has 0 saturated heterocycles. The summed E-state index contributed by atoms with van der Waals surface area (Å²) < 4.78 is 29.9. The van der Waals surface area contributed by atoms with E-state index in [4.69, 9.17) is 0 Å². The summed E-state index contributed by atoms with van der Waals surface area (Å²) in [6.45, 7) is -1.42. The maximum absolute atomic E-state index is 12.4. The number of rotatable bonds is 6. The van der Waals surface area contributed by atoms with E-state index in [1.54, 1.807) is 17.5 Å². The fourth-order valence-corrected chi connectivity index (χ4v) is 3.11. The first-order valence-electron chi connectivity index (χ1n) is 7.76. The minimum atomic E-state index is -2.91. The molecule has 2 heterocycles. The lowest BCUT2D eigenvalue weighted by Gasteiger charge is -2.04. The van der Waals surface area contributed by atoms with E-state index in [1.807, 2.05) is 0 Å². The minimum Gasteiger partial charge on any atom is -0.435 e. The zero-order valence-corrected chi connectivity index (χ0v) is 15.4. The van der Waals surface area contributed by atoms with Gasteiger partial charge < -0.3 is 4.74 Å². The predicted octanol–water partition coefficient (Wildman–Crippen LogP) is 3.61. The van der Waals surface area contributed by atoms with E-state index in [-0.39, 0.29) is 28.0 Å². The van der Waals surface area contributed by atoms with Crippen molar-refractivity contribution in [3.05, 3.63) is 51.1 Å². The Morgan fingerprint density at radius 1 is 1.36 bits per heavy atom. The third kappa shape index (κ3) is 3.96. The molecule has 3 aromatic rings. The van der Waals surface area contributed by atoms with Gasteiger partial charge in [0.05, 0.1) is 10.6 Å². The number of carbonyl (C=O) groups is 1. The lowest BCUT2D eigenvalue weighted by atomic mass is 10.2. The van der Waals surface area contributed by atoms with Gasteiger partial charge in [0, 0.05) is 18.0 Å². The van der Waals surface area contributed by atoms with Crippen LogP contribution in [0.4, 0.5) is 19.6 Å². The van der Waals surface area contributed by atoms with Crippen molar-refractivity contribution in [1.29, 1.82) is 0 Å². The number of hydrogen-bond acceptors (Lipinski definition) is 7. The monoisotopic (exact) mass is 409 g/mol. The third-order valence-corrected chi connectivity index (χ3v) is 4.56. The average molecular weight is 409 g/mol. The maximum atomic E-state index is 12.4. The minimum absolute atomic E-state index is 0.0142. The van der Waals surface area contributed by atoms with Gasteiger partial charge in [0.25, 0.3) is 5.91 Å². The van der Waals surface area contributed by atoms with Gasteiger partial charge in [0.1, 0.15) is 11.4 Å². The summed E-state index contributed by atoms with van der Waals surface area (Å²) >= 11 is 1.11. The quantitative estimate of drug-likeness (QED) is 0.492. The van der Waals surface area contributed by atoms with Crippen LogP contribution in [0.2, 0.25) is 0 Å². The van der Waals surface area contributed by atoms with Crippen LogP contribution in [0.5, 0.6) is 5.75 Å². The molecule has 0 atom stereocenters. The second-order valence-electron chi connectivity index (χ2n) is 5.56. The molecule has 0 unspecified atom stereocenters. The summed E-state index contributed by atoms with van der Waals surface area (Å²) in [5.74, 6) is -0.739. The van der Waals surface area contributed by atoms with Crippen LogP contribution in [0.15, 0.2) is 29.6 Å². The highest BCUT2D eigenvalue weighted by Gasteiger charge is 2.29. The van der Waals surface area contributed by atoms with Crippen LogP contribution < -0.4 is 10.1 Å². The largest absolute Gasteiger partial charge is 0.435 e. The number of anilines is 1. The fourth-order valence-electron chi connectivity index (χ4n) is 2.40. The Morgan fingerprint density at radius 2 is 2.04 bits per heavy atom. The molecule has 9 nitrogen and oxygen atoms in total. The summed E-state index contributed by atoms with van der Waals surface area (Å²) in [4.78, 5) is 27.2. The van der Waals surface area contributed by atoms with E-state index in [9.17, 15) is 23.7 Å². The molecule has 0 radical (unpaired) electrons. The first-order valence-corrected chi connectivity index (χ1v) is 8.64. The van der Waals surface area contributed by atoms with Crippen LogP contribution in [-0.2, 0) is 7.05 Å². The Balaban J connectivity index is 1.77. The number of benzene rings is 1. The predicted molar refractivity (Wildman–Crippen MR) is 96.7 cm³/mol. The number of hydrogen-bond donors (Lipinski definition) is 1. The van der Waals surface area contributed by atoms with E-state index in [1.165, 1.54) is 30.8 Å². The Bertz CT molecular complexity index is 1030.